The van der Waals surface area contributed by atoms with E-state index in [9.17, 15) is 0 Å². The zero-order valence-corrected chi connectivity index (χ0v) is 36.3. The molecule has 11 aromatic carbocycles. The normalized spacial score (nSPS) is 11.3. The highest BCUT2D eigenvalue weighted by Crippen LogP contribution is 2.40. The Morgan fingerprint density at radius 3 is 1.21 bits per heavy atom. The lowest BCUT2D eigenvalue weighted by molar-refractivity contribution is 1.18. The van der Waals surface area contributed by atoms with E-state index < -0.39 is 0 Å². The predicted octanol–water partition coefficient (Wildman–Crippen LogP) is 17.7. The summed E-state index contributed by atoms with van der Waals surface area (Å²) in [6.07, 6.45) is 0. The lowest BCUT2D eigenvalue weighted by Crippen LogP contribution is -2.09. The topological polar surface area (TPSA) is 8.17 Å². The van der Waals surface area contributed by atoms with Crippen LogP contribution in [0.2, 0.25) is 0 Å². The molecule has 0 aliphatic rings. The van der Waals surface area contributed by atoms with Gasteiger partial charge in [-0.1, -0.05) is 200 Å². The second-order valence-electron chi connectivity index (χ2n) is 16.9. The summed E-state index contributed by atoms with van der Waals surface area (Å²) in [6.45, 7) is 0. The Kier molecular flexibility index (Phi) is 9.89. The first-order chi connectivity index (χ1) is 32.7. The van der Waals surface area contributed by atoms with Crippen molar-refractivity contribution in [2.45, 2.75) is 0 Å². The van der Waals surface area contributed by atoms with Gasteiger partial charge in [0.25, 0.3) is 0 Å². The van der Waals surface area contributed by atoms with Gasteiger partial charge < -0.3 is 9.47 Å². The molecule has 0 bridgehead atoms. The summed E-state index contributed by atoms with van der Waals surface area (Å²) >= 11 is 0. The Bertz CT molecular complexity index is 3620. The minimum absolute atomic E-state index is 1.10. The van der Waals surface area contributed by atoms with Crippen molar-refractivity contribution in [3.8, 4) is 61.3 Å². The van der Waals surface area contributed by atoms with E-state index in [-0.39, 0.29) is 0 Å². The smallest absolute Gasteiger partial charge is 0.0541 e. The van der Waals surface area contributed by atoms with E-state index in [1.807, 2.05) is 0 Å². The summed E-state index contributed by atoms with van der Waals surface area (Å²) in [7, 11) is 0. The molecule has 0 radical (unpaired) electrons. The summed E-state index contributed by atoms with van der Waals surface area (Å²) in [5.41, 5.74) is 18.9. The minimum atomic E-state index is 1.10. The van der Waals surface area contributed by atoms with Crippen molar-refractivity contribution in [3.05, 3.63) is 267 Å². The second kappa shape index (κ2) is 16.8. The second-order valence-corrected chi connectivity index (χ2v) is 16.9. The number of nitrogens with zero attached hydrogens (tertiary/aromatic N) is 2. The van der Waals surface area contributed by atoms with E-state index in [0.29, 0.717) is 0 Å². The van der Waals surface area contributed by atoms with Crippen molar-refractivity contribution in [1.29, 1.82) is 0 Å². The maximum atomic E-state index is 2.36. The van der Waals surface area contributed by atoms with Crippen LogP contribution in [-0.4, -0.2) is 4.57 Å². The number of para-hydroxylation sites is 2. The number of fused-ring (bicyclic) bond motifs is 4. The van der Waals surface area contributed by atoms with Gasteiger partial charge in [-0.2, -0.15) is 0 Å². The molecule has 2 heteroatoms. The van der Waals surface area contributed by atoms with Crippen molar-refractivity contribution in [2.75, 3.05) is 4.90 Å². The van der Waals surface area contributed by atoms with Crippen LogP contribution in [0.4, 0.5) is 17.1 Å². The monoisotopic (exact) mass is 840 g/mol. The van der Waals surface area contributed by atoms with Crippen LogP contribution in [0.15, 0.2) is 267 Å². The summed E-state index contributed by atoms with van der Waals surface area (Å²) < 4.78 is 2.36. The van der Waals surface area contributed by atoms with Gasteiger partial charge >= 0.3 is 0 Å². The van der Waals surface area contributed by atoms with E-state index in [1.165, 1.54) is 93.9 Å². The highest BCUT2D eigenvalue weighted by Gasteiger charge is 2.16. The van der Waals surface area contributed by atoms with Crippen LogP contribution in [0.5, 0.6) is 0 Å². The molecule has 0 unspecified atom stereocenters. The summed E-state index contributed by atoms with van der Waals surface area (Å²) in [5.74, 6) is 0. The third kappa shape index (κ3) is 7.21. The van der Waals surface area contributed by atoms with Gasteiger partial charge in [0, 0.05) is 33.5 Å². The molecule has 12 rings (SSSR count). The van der Waals surface area contributed by atoms with Crippen molar-refractivity contribution < 1.29 is 0 Å². The molecule has 0 amide bonds. The SMILES string of the molecule is c1ccc(-c2ccc(N(c3ccc(-c4ccc(-c5ccc(-c6ccc7c(c6)c6ccccc6n7-c6ccccc6)cc5)cc4)cc3)c3ccc(-c4cccc5ccccc45)cc3)cc2)cc1. The molecule has 0 N–H and O–H groups in total. The Balaban J connectivity index is 0.813. The fourth-order valence-corrected chi connectivity index (χ4v) is 9.67. The van der Waals surface area contributed by atoms with Crippen LogP contribution in [0, 0.1) is 0 Å². The molecule has 0 saturated carbocycles. The zero-order chi connectivity index (χ0) is 43.8. The lowest BCUT2D eigenvalue weighted by Gasteiger charge is -2.26. The van der Waals surface area contributed by atoms with Gasteiger partial charge in [0.15, 0.2) is 0 Å². The van der Waals surface area contributed by atoms with Crippen LogP contribution in [0.1, 0.15) is 0 Å². The van der Waals surface area contributed by atoms with Crippen molar-refractivity contribution >= 4 is 49.6 Å². The van der Waals surface area contributed by atoms with E-state index in [2.05, 4.69) is 276 Å². The van der Waals surface area contributed by atoms with Crippen LogP contribution in [0.25, 0.3) is 93.9 Å². The molecule has 0 fully saturated rings. The van der Waals surface area contributed by atoms with Crippen molar-refractivity contribution in [3.63, 3.8) is 0 Å². The Morgan fingerprint density at radius 1 is 0.242 bits per heavy atom. The standard InChI is InChI=1S/C64H44N2/c1-3-12-45(13-4-1)49-30-37-56(38-31-49)65(58-41-34-53(35-42-58)60-20-11-15-52-14-7-8-18-59(52)60)57-39-32-50(33-40-57)48-24-22-46(23-25-48)47-26-28-51(29-27-47)54-36-43-64-62(44-54)61-19-9-10-21-63(61)66(64)55-16-5-2-6-17-55/h1-44H. The number of anilines is 3. The van der Waals surface area contributed by atoms with Gasteiger partial charge in [0.2, 0.25) is 0 Å². The highest BCUT2D eigenvalue weighted by molar-refractivity contribution is 6.10. The number of rotatable bonds is 9. The van der Waals surface area contributed by atoms with Gasteiger partial charge in [-0.3, -0.25) is 0 Å². The Labute approximate surface area is 385 Å². The van der Waals surface area contributed by atoms with Crippen LogP contribution in [-0.2, 0) is 0 Å². The zero-order valence-electron chi connectivity index (χ0n) is 36.3. The lowest BCUT2D eigenvalue weighted by atomic mass is 9.97. The quantitative estimate of drug-likeness (QED) is 0.141. The van der Waals surface area contributed by atoms with Crippen molar-refractivity contribution in [1.82, 2.24) is 4.57 Å². The molecule has 0 aliphatic carbocycles. The van der Waals surface area contributed by atoms with Crippen molar-refractivity contribution in [2.24, 2.45) is 0 Å². The number of hydrogen-bond donors (Lipinski definition) is 0. The molecule has 2 nitrogen and oxygen atoms in total. The summed E-state index contributed by atoms with van der Waals surface area (Å²) in [5, 5.41) is 5.03. The van der Waals surface area contributed by atoms with Crippen LogP contribution < -0.4 is 4.90 Å². The molecule has 66 heavy (non-hydrogen) atoms. The minimum Gasteiger partial charge on any atom is -0.311 e. The van der Waals surface area contributed by atoms with Gasteiger partial charge in [-0.25, -0.2) is 0 Å². The molecular weight excluding hydrogens is 797 g/mol. The van der Waals surface area contributed by atoms with E-state index in [1.54, 1.807) is 0 Å². The fourth-order valence-electron chi connectivity index (χ4n) is 9.67. The number of hydrogen-bond acceptors (Lipinski definition) is 1. The van der Waals surface area contributed by atoms with E-state index >= 15 is 0 Å². The fraction of sp³-hybridized carbons (Fsp3) is 0. The Hall–Kier alpha value is -8.72. The molecule has 0 atom stereocenters. The first kappa shape index (κ1) is 38.9. The largest absolute Gasteiger partial charge is 0.311 e. The highest BCUT2D eigenvalue weighted by atomic mass is 15.1. The van der Waals surface area contributed by atoms with Crippen LogP contribution in [0.3, 0.4) is 0 Å². The predicted molar refractivity (Wildman–Crippen MR) is 280 cm³/mol. The molecule has 0 saturated heterocycles. The average molecular weight is 841 g/mol. The Morgan fingerprint density at radius 2 is 0.636 bits per heavy atom. The summed E-state index contributed by atoms with van der Waals surface area (Å²) in [4.78, 5) is 2.35. The molecule has 12 aromatic rings. The molecular formula is C64H44N2. The summed E-state index contributed by atoms with van der Waals surface area (Å²) in [6, 6.07) is 96.7. The van der Waals surface area contributed by atoms with Gasteiger partial charge in [0.1, 0.15) is 0 Å². The average Bonchev–Trinajstić information content (AvgIpc) is 3.73. The first-order valence-electron chi connectivity index (χ1n) is 22.7. The van der Waals surface area contributed by atoms with Gasteiger partial charge in [-0.05, 0) is 133 Å². The molecule has 310 valence electrons. The number of benzene rings is 11. The maximum absolute atomic E-state index is 2.36. The molecule has 1 aromatic heterocycles. The third-order valence-electron chi connectivity index (χ3n) is 13.0. The maximum Gasteiger partial charge on any atom is 0.0541 e. The first-order valence-corrected chi connectivity index (χ1v) is 22.7. The molecule has 0 aliphatic heterocycles. The molecule has 0 spiro atoms. The van der Waals surface area contributed by atoms with E-state index in [4.69, 9.17) is 0 Å². The van der Waals surface area contributed by atoms with Gasteiger partial charge in [-0.15, -0.1) is 0 Å². The molecule has 1 heterocycles. The number of aromatic nitrogens is 1. The third-order valence-corrected chi connectivity index (χ3v) is 13.0. The van der Waals surface area contributed by atoms with E-state index in [0.717, 1.165) is 17.1 Å². The van der Waals surface area contributed by atoms with Gasteiger partial charge in [0.05, 0.1) is 11.0 Å². The van der Waals surface area contributed by atoms with Crippen LogP contribution >= 0.6 is 0 Å².